The van der Waals surface area contributed by atoms with Gasteiger partial charge >= 0.3 is 0 Å². The predicted octanol–water partition coefficient (Wildman–Crippen LogP) is 1.04. The first-order chi connectivity index (χ1) is 7.66. The zero-order chi connectivity index (χ0) is 11.5. The fraction of sp³-hybridized carbons (Fsp3) is 0.727. The van der Waals surface area contributed by atoms with Gasteiger partial charge in [0.15, 0.2) is 0 Å². The van der Waals surface area contributed by atoms with Gasteiger partial charge in [0.2, 0.25) is 5.95 Å². The summed E-state index contributed by atoms with van der Waals surface area (Å²) in [5.41, 5.74) is 1.83. The van der Waals surface area contributed by atoms with Crippen LogP contribution in [-0.4, -0.2) is 33.8 Å². The van der Waals surface area contributed by atoms with Crippen LogP contribution in [0.15, 0.2) is 0 Å². The van der Waals surface area contributed by atoms with E-state index in [1.807, 2.05) is 13.8 Å². The fourth-order valence-corrected chi connectivity index (χ4v) is 1.92. The fourth-order valence-electron chi connectivity index (χ4n) is 1.92. The number of aryl methyl sites for hydroxylation is 2. The van der Waals surface area contributed by atoms with E-state index in [4.69, 9.17) is 0 Å². The van der Waals surface area contributed by atoms with Crippen LogP contribution in [0.25, 0.3) is 0 Å². The quantitative estimate of drug-likeness (QED) is 0.781. The van der Waals surface area contributed by atoms with E-state index in [1.165, 1.54) is 6.42 Å². The first-order valence-corrected chi connectivity index (χ1v) is 5.84. The molecule has 0 aliphatic carbocycles. The molecule has 0 amide bonds. The molecular weight excluding hydrogens is 202 g/mol. The van der Waals surface area contributed by atoms with Crippen molar-refractivity contribution in [3.05, 3.63) is 11.4 Å². The number of rotatable bonds is 2. The number of hydrogen-bond acceptors (Lipinski definition) is 5. The molecule has 5 heteroatoms. The minimum absolute atomic E-state index is 0.401. The van der Waals surface area contributed by atoms with Gasteiger partial charge in [-0.3, -0.25) is 0 Å². The van der Waals surface area contributed by atoms with Crippen LogP contribution in [-0.2, 0) is 0 Å². The van der Waals surface area contributed by atoms with Crippen molar-refractivity contribution in [2.24, 2.45) is 0 Å². The second-order valence-corrected chi connectivity index (χ2v) is 4.44. The van der Waals surface area contributed by atoms with E-state index in [2.05, 4.69) is 32.7 Å². The van der Waals surface area contributed by atoms with Crippen LogP contribution in [0.1, 0.15) is 31.2 Å². The summed E-state index contributed by atoms with van der Waals surface area (Å²) in [6.07, 6.45) is 2.35. The lowest BCUT2D eigenvalue weighted by atomic mass is 10.0. The van der Waals surface area contributed by atoms with E-state index >= 15 is 0 Å². The Balaban J connectivity index is 2.05. The molecule has 0 saturated carbocycles. The molecule has 0 bridgehead atoms. The van der Waals surface area contributed by atoms with Crippen LogP contribution < -0.4 is 10.6 Å². The summed E-state index contributed by atoms with van der Waals surface area (Å²) in [6, 6.07) is 0.858. The third-order valence-electron chi connectivity index (χ3n) is 3.17. The van der Waals surface area contributed by atoms with E-state index in [-0.39, 0.29) is 0 Å². The molecule has 0 spiro atoms. The smallest absolute Gasteiger partial charge is 0.243 e. The highest BCUT2D eigenvalue weighted by Crippen LogP contribution is 2.13. The number of hydrogen-bond donors (Lipinski definition) is 2. The van der Waals surface area contributed by atoms with Crippen molar-refractivity contribution in [2.75, 3.05) is 11.9 Å². The van der Waals surface area contributed by atoms with Crippen molar-refractivity contribution < 1.29 is 0 Å². The Labute approximate surface area is 96.1 Å². The first-order valence-electron chi connectivity index (χ1n) is 5.84. The van der Waals surface area contributed by atoms with Crippen molar-refractivity contribution in [3.63, 3.8) is 0 Å². The highest BCUT2D eigenvalue weighted by Gasteiger charge is 2.21. The SMILES string of the molecule is Cc1nnc(NC2CCCNC2C)nc1C. The van der Waals surface area contributed by atoms with Gasteiger partial charge in [0.05, 0.1) is 11.4 Å². The summed E-state index contributed by atoms with van der Waals surface area (Å²) in [6.45, 7) is 7.17. The maximum Gasteiger partial charge on any atom is 0.243 e. The van der Waals surface area contributed by atoms with Gasteiger partial charge in [0.25, 0.3) is 0 Å². The second-order valence-electron chi connectivity index (χ2n) is 4.44. The molecule has 2 atom stereocenters. The van der Waals surface area contributed by atoms with E-state index in [1.54, 1.807) is 0 Å². The van der Waals surface area contributed by atoms with Gasteiger partial charge in [0, 0.05) is 12.1 Å². The molecule has 0 aromatic carbocycles. The molecule has 2 N–H and O–H groups in total. The molecule has 1 aromatic heterocycles. The molecule has 1 fully saturated rings. The van der Waals surface area contributed by atoms with E-state index < -0.39 is 0 Å². The molecule has 2 unspecified atom stereocenters. The number of aromatic nitrogens is 3. The minimum Gasteiger partial charge on any atom is -0.349 e. The Bertz CT molecular complexity index is 365. The molecule has 2 rings (SSSR count). The number of nitrogens with one attached hydrogen (secondary N) is 2. The maximum atomic E-state index is 4.39. The molecule has 0 radical (unpaired) electrons. The average molecular weight is 221 g/mol. The number of piperidine rings is 1. The van der Waals surface area contributed by atoms with Gasteiger partial charge in [-0.25, -0.2) is 4.98 Å². The Morgan fingerprint density at radius 1 is 1.25 bits per heavy atom. The second kappa shape index (κ2) is 4.74. The predicted molar refractivity (Wildman–Crippen MR) is 63.4 cm³/mol. The van der Waals surface area contributed by atoms with Crippen LogP contribution >= 0.6 is 0 Å². The zero-order valence-electron chi connectivity index (χ0n) is 10.1. The lowest BCUT2D eigenvalue weighted by molar-refractivity contribution is 0.387. The molecule has 16 heavy (non-hydrogen) atoms. The molecule has 2 heterocycles. The zero-order valence-corrected chi connectivity index (χ0v) is 10.1. The lowest BCUT2D eigenvalue weighted by Gasteiger charge is -2.30. The van der Waals surface area contributed by atoms with Crippen molar-refractivity contribution in [2.45, 2.75) is 45.7 Å². The first kappa shape index (κ1) is 11.3. The normalized spacial score (nSPS) is 25.4. The van der Waals surface area contributed by atoms with Gasteiger partial charge in [-0.2, -0.15) is 5.10 Å². The molecule has 1 aliphatic rings. The van der Waals surface area contributed by atoms with Gasteiger partial charge < -0.3 is 10.6 Å². The minimum atomic E-state index is 0.401. The monoisotopic (exact) mass is 221 g/mol. The van der Waals surface area contributed by atoms with Gasteiger partial charge in [-0.1, -0.05) is 0 Å². The maximum absolute atomic E-state index is 4.39. The summed E-state index contributed by atoms with van der Waals surface area (Å²) in [5, 5.41) is 14.9. The van der Waals surface area contributed by atoms with Crippen LogP contribution in [0.3, 0.4) is 0 Å². The van der Waals surface area contributed by atoms with Crippen molar-refractivity contribution in [1.29, 1.82) is 0 Å². The number of nitrogens with zero attached hydrogens (tertiary/aromatic N) is 3. The van der Waals surface area contributed by atoms with E-state index in [9.17, 15) is 0 Å². The van der Waals surface area contributed by atoms with Crippen LogP contribution in [0.4, 0.5) is 5.95 Å². The molecular formula is C11H19N5. The number of anilines is 1. The Hall–Kier alpha value is -1.23. The molecule has 1 aromatic rings. The van der Waals surface area contributed by atoms with Crippen LogP contribution in [0, 0.1) is 13.8 Å². The summed E-state index contributed by atoms with van der Waals surface area (Å²) < 4.78 is 0. The largest absolute Gasteiger partial charge is 0.349 e. The summed E-state index contributed by atoms with van der Waals surface area (Å²) >= 11 is 0. The topological polar surface area (TPSA) is 62.7 Å². The lowest BCUT2D eigenvalue weighted by Crippen LogP contribution is -2.46. The van der Waals surface area contributed by atoms with E-state index in [0.29, 0.717) is 18.0 Å². The van der Waals surface area contributed by atoms with Gasteiger partial charge in [-0.05, 0) is 40.2 Å². The molecule has 5 nitrogen and oxygen atoms in total. The summed E-state index contributed by atoms with van der Waals surface area (Å²) in [4.78, 5) is 4.39. The Kier molecular flexibility index (Phi) is 3.33. The van der Waals surface area contributed by atoms with Crippen molar-refractivity contribution in [1.82, 2.24) is 20.5 Å². The van der Waals surface area contributed by atoms with Crippen LogP contribution in [0.5, 0.6) is 0 Å². The molecule has 1 saturated heterocycles. The third-order valence-corrected chi connectivity index (χ3v) is 3.17. The average Bonchev–Trinajstić information content (AvgIpc) is 2.27. The van der Waals surface area contributed by atoms with E-state index in [0.717, 1.165) is 24.4 Å². The summed E-state index contributed by atoms with van der Waals surface area (Å²) in [7, 11) is 0. The van der Waals surface area contributed by atoms with Crippen molar-refractivity contribution >= 4 is 5.95 Å². The molecule has 88 valence electrons. The highest BCUT2D eigenvalue weighted by molar-refractivity contribution is 5.27. The molecule has 1 aliphatic heterocycles. The van der Waals surface area contributed by atoms with Gasteiger partial charge in [0.1, 0.15) is 0 Å². The Morgan fingerprint density at radius 2 is 2.06 bits per heavy atom. The third kappa shape index (κ3) is 2.47. The standard InChI is InChI=1S/C11H19N5/c1-7-8(2)15-16-11(13-7)14-10-5-4-6-12-9(10)3/h9-10,12H,4-6H2,1-3H3,(H,13,14,16). The van der Waals surface area contributed by atoms with Crippen molar-refractivity contribution in [3.8, 4) is 0 Å². The summed E-state index contributed by atoms with van der Waals surface area (Å²) in [5.74, 6) is 0.642. The Morgan fingerprint density at radius 3 is 2.75 bits per heavy atom. The van der Waals surface area contributed by atoms with Gasteiger partial charge in [-0.15, -0.1) is 5.10 Å². The highest BCUT2D eigenvalue weighted by atomic mass is 15.3. The van der Waals surface area contributed by atoms with Crippen LogP contribution in [0.2, 0.25) is 0 Å².